The van der Waals surface area contributed by atoms with E-state index in [-0.39, 0.29) is 10.9 Å². The molecular formula is C18H17BrN2O3S2. The minimum absolute atomic E-state index is 0.183. The van der Waals surface area contributed by atoms with Gasteiger partial charge >= 0.3 is 0 Å². The molecule has 1 fully saturated rings. The first-order valence-electron chi connectivity index (χ1n) is 8.21. The third-order valence-corrected chi connectivity index (χ3v) is 8.07. The minimum Gasteiger partial charge on any atom is -0.495 e. The summed E-state index contributed by atoms with van der Waals surface area (Å²) < 4.78 is 35.4. The smallest absolute Gasteiger partial charge is 0.247 e. The molecular weight excluding hydrogens is 436 g/mol. The number of thiazole rings is 1. The summed E-state index contributed by atoms with van der Waals surface area (Å²) in [5.41, 5.74) is 0.914. The molecule has 2 heterocycles. The van der Waals surface area contributed by atoms with Gasteiger partial charge in [-0.05, 0) is 43.2 Å². The highest BCUT2D eigenvalue weighted by Crippen LogP contribution is 2.41. The topological polar surface area (TPSA) is 59.5 Å². The van der Waals surface area contributed by atoms with Gasteiger partial charge in [0.25, 0.3) is 0 Å². The second-order valence-electron chi connectivity index (χ2n) is 6.09. The van der Waals surface area contributed by atoms with Gasteiger partial charge in [0.05, 0.1) is 23.4 Å². The van der Waals surface area contributed by atoms with Crippen molar-refractivity contribution in [1.29, 1.82) is 0 Å². The highest BCUT2D eigenvalue weighted by molar-refractivity contribution is 9.10. The minimum atomic E-state index is -3.69. The zero-order valence-corrected chi connectivity index (χ0v) is 17.3. The van der Waals surface area contributed by atoms with E-state index in [0.717, 1.165) is 28.1 Å². The van der Waals surface area contributed by atoms with Gasteiger partial charge in [0.1, 0.15) is 15.7 Å². The number of sulfonamides is 1. The zero-order chi connectivity index (χ0) is 18.3. The number of benzene rings is 2. The van der Waals surface area contributed by atoms with E-state index in [9.17, 15) is 8.42 Å². The lowest BCUT2D eigenvalue weighted by Gasteiger charge is -2.23. The molecule has 3 aromatic rings. The number of methoxy groups -OCH3 is 1. The maximum Gasteiger partial charge on any atom is 0.247 e. The van der Waals surface area contributed by atoms with Crippen LogP contribution < -0.4 is 4.74 Å². The van der Waals surface area contributed by atoms with Crippen LogP contribution in [0, 0.1) is 0 Å². The third kappa shape index (κ3) is 3.05. The largest absolute Gasteiger partial charge is 0.495 e. The summed E-state index contributed by atoms with van der Waals surface area (Å²) in [6.07, 6.45) is 1.59. The second-order valence-corrected chi connectivity index (χ2v) is 9.93. The molecule has 4 rings (SSSR count). The molecule has 0 aliphatic carbocycles. The van der Waals surface area contributed by atoms with Gasteiger partial charge in [0.15, 0.2) is 0 Å². The van der Waals surface area contributed by atoms with Crippen LogP contribution in [0.4, 0.5) is 0 Å². The summed E-state index contributed by atoms with van der Waals surface area (Å²) >= 11 is 4.93. The van der Waals surface area contributed by atoms with E-state index in [0.29, 0.717) is 16.8 Å². The van der Waals surface area contributed by atoms with E-state index >= 15 is 0 Å². The van der Waals surface area contributed by atoms with E-state index in [1.54, 1.807) is 33.8 Å². The highest BCUT2D eigenvalue weighted by Gasteiger charge is 2.39. The molecule has 0 spiro atoms. The van der Waals surface area contributed by atoms with E-state index in [1.807, 2.05) is 24.3 Å². The number of nitrogens with zero attached hydrogens (tertiary/aromatic N) is 2. The lowest BCUT2D eigenvalue weighted by Crippen LogP contribution is -2.31. The van der Waals surface area contributed by atoms with Crippen LogP contribution in [0.25, 0.3) is 10.2 Å². The summed E-state index contributed by atoms with van der Waals surface area (Å²) in [5, 5.41) is 0.848. The Balaban J connectivity index is 1.77. The maximum absolute atomic E-state index is 13.4. The van der Waals surface area contributed by atoms with Crippen LogP contribution in [0.3, 0.4) is 0 Å². The molecule has 1 atom stereocenters. The third-order valence-electron chi connectivity index (χ3n) is 4.51. The zero-order valence-electron chi connectivity index (χ0n) is 14.1. The fourth-order valence-electron chi connectivity index (χ4n) is 3.29. The SMILES string of the molecule is COc1ccc(Br)cc1S(=O)(=O)N1CCC[C@@H]1c1nc2ccccc2s1. The van der Waals surface area contributed by atoms with Crippen molar-refractivity contribution in [2.45, 2.75) is 23.8 Å². The molecule has 8 heteroatoms. The number of rotatable bonds is 4. The molecule has 2 aromatic carbocycles. The Labute approximate surface area is 164 Å². The Bertz CT molecular complexity index is 1030. The first-order chi connectivity index (χ1) is 12.5. The van der Waals surface area contributed by atoms with Crippen molar-refractivity contribution in [2.75, 3.05) is 13.7 Å². The van der Waals surface area contributed by atoms with Crippen LogP contribution >= 0.6 is 27.3 Å². The average Bonchev–Trinajstić information content (AvgIpc) is 3.28. The Kier molecular flexibility index (Phi) is 4.77. The first kappa shape index (κ1) is 17.9. The van der Waals surface area contributed by atoms with Crippen molar-refractivity contribution < 1.29 is 13.2 Å². The average molecular weight is 453 g/mol. The standard InChI is InChI=1S/C18H17BrN2O3S2/c1-24-15-9-8-12(19)11-17(15)26(22,23)21-10-4-6-14(21)18-20-13-5-2-3-7-16(13)25-18/h2-3,5,7-9,11,14H,4,6,10H2,1H3/t14-/m1/s1. The van der Waals surface area contributed by atoms with Crippen LogP contribution in [0.1, 0.15) is 23.9 Å². The van der Waals surface area contributed by atoms with Crippen molar-refractivity contribution in [2.24, 2.45) is 0 Å². The summed E-state index contributed by atoms with van der Waals surface area (Å²) in [6, 6.07) is 12.7. The maximum atomic E-state index is 13.4. The fraction of sp³-hybridized carbons (Fsp3) is 0.278. The lowest BCUT2D eigenvalue weighted by molar-refractivity contribution is 0.380. The van der Waals surface area contributed by atoms with Crippen molar-refractivity contribution >= 4 is 47.5 Å². The van der Waals surface area contributed by atoms with Crippen LogP contribution in [0.15, 0.2) is 51.8 Å². The van der Waals surface area contributed by atoms with Crippen molar-refractivity contribution in [3.05, 3.63) is 51.9 Å². The van der Waals surface area contributed by atoms with Gasteiger partial charge in [-0.2, -0.15) is 4.31 Å². The van der Waals surface area contributed by atoms with E-state index < -0.39 is 10.0 Å². The molecule has 0 bridgehead atoms. The van der Waals surface area contributed by atoms with Gasteiger partial charge in [-0.3, -0.25) is 0 Å². The van der Waals surface area contributed by atoms with Crippen molar-refractivity contribution in [3.8, 4) is 5.75 Å². The van der Waals surface area contributed by atoms with Gasteiger partial charge in [-0.1, -0.05) is 28.1 Å². The van der Waals surface area contributed by atoms with E-state index in [4.69, 9.17) is 4.74 Å². The van der Waals surface area contributed by atoms with E-state index in [1.165, 1.54) is 7.11 Å². The van der Waals surface area contributed by atoms with E-state index in [2.05, 4.69) is 20.9 Å². The van der Waals surface area contributed by atoms with Crippen molar-refractivity contribution in [3.63, 3.8) is 0 Å². The van der Waals surface area contributed by atoms with Gasteiger partial charge < -0.3 is 4.74 Å². The molecule has 0 amide bonds. The Morgan fingerprint density at radius 1 is 1.27 bits per heavy atom. The number of fused-ring (bicyclic) bond motifs is 1. The fourth-order valence-corrected chi connectivity index (χ4v) is 6.82. The number of para-hydroxylation sites is 1. The predicted molar refractivity (Wildman–Crippen MR) is 106 cm³/mol. The lowest BCUT2D eigenvalue weighted by atomic mass is 10.2. The molecule has 5 nitrogen and oxygen atoms in total. The molecule has 0 unspecified atom stereocenters. The summed E-state index contributed by atoms with van der Waals surface area (Å²) in [4.78, 5) is 4.87. The quantitative estimate of drug-likeness (QED) is 0.580. The van der Waals surface area contributed by atoms with Crippen molar-refractivity contribution in [1.82, 2.24) is 9.29 Å². The number of hydrogen-bond acceptors (Lipinski definition) is 5. The highest BCUT2D eigenvalue weighted by atomic mass is 79.9. The monoisotopic (exact) mass is 452 g/mol. The molecule has 0 N–H and O–H groups in total. The number of halogens is 1. The summed E-state index contributed by atoms with van der Waals surface area (Å²) in [6.45, 7) is 0.485. The Morgan fingerprint density at radius 3 is 2.85 bits per heavy atom. The van der Waals surface area contributed by atoms with Gasteiger partial charge in [-0.15, -0.1) is 11.3 Å². The molecule has 0 radical (unpaired) electrons. The molecule has 136 valence electrons. The Hall–Kier alpha value is -1.48. The van der Waals surface area contributed by atoms with Crippen LogP contribution in [-0.2, 0) is 10.0 Å². The molecule has 1 aromatic heterocycles. The second kappa shape index (κ2) is 6.92. The summed E-state index contributed by atoms with van der Waals surface area (Å²) in [7, 11) is -2.21. The van der Waals surface area contributed by atoms with Gasteiger partial charge in [0, 0.05) is 11.0 Å². The van der Waals surface area contributed by atoms with Crippen LogP contribution in [-0.4, -0.2) is 31.4 Å². The molecule has 1 aliphatic rings. The van der Waals surface area contributed by atoms with Crippen LogP contribution in [0.5, 0.6) is 5.75 Å². The first-order valence-corrected chi connectivity index (χ1v) is 11.3. The number of hydrogen-bond donors (Lipinski definition) is 0. The Morgan fingerprint density at radius 2 is 2.08 bits per heavy atom. The molecule has 0 saturated carbocycles. The normalized spacial score (nSPS) is 18.5. The molecule has 26 heavy (non-hydrogen) atoms. The van der Waals surface area contributed by atoms with Gasteiger partial charge in [-0.25, -0.2) is 13.4 Å². The summed E-state index contributed by atoms with van der Waals surface area (Å²) in [5.74, 6) is 0.350. The number of ether oxygens (including phenoxy) is 1. The predicted octanol–water partition coefficient (Wildman–Crippen LogP) is 4.59. The number of aromatic nitrogens is 1. The molecule has 1 aliphatic heterocycles. The van der Waals surface area contributed by atoms with Crippen LogP contribution in [0.2, 0.25) is 0 Å². The molecule has 1 saturated heterocycles. The van der Waals surface area contributed by atoms with Gasteiger partial charge in [0.2, 0.25) is 10.0 Å².